The van der Waals surface area contributed by atoms with Crippen molar-refractivity contribution in [2.75, 3.05) is 11.1 Å². The second kappa shape index (κ2) is 8.79. The minimum Gasteiger partial charge on any atom is -0.326 e. The molecule has 0 aliphatic carbocycles. The molecule has 3 aromatic rings. The number of hydrogen-bond acceptors (Lipinski definition) is 6. The summed E-state index contributed by atoms with van der Waals surface area (Å²) in [4.78, 5) is 23.5. The van der Waals surface area contributed by atoms with Crippen molar-refractivity contribution in [3.05, 3.63) is 59.2 Å². The van der Waals surface area contributed by atoms with Crippen LogP contribution in [-0.2, 0) is 4.79 Å². The number of carbonyl (C=O) groups excluding carboxylic acids is 2. The van der Waals surface area contributed by atoms with Gasteiger partial charge in [0.05, 0.1) is 5.69 Å². The standard InChI is InChI=1S/C20H21N5O2S/c1-13-5-4-6-18(14(13)2)25-20(22-23-24-25)28-12-11-19(27)21-17-9-7-16(8-10-17)15(3)26/h4-10H,11-12H2,1-3H3,(H,21,27). The van der Waals surface area contributed by atoms with Crippen LogP contribution < -0.4 is 5.32 Å². The summed E-state index contributed by atoms with van der Waals surface area (Å²) in [5.74, 6) is 0.437. The van der Waals surface area contributed by atoms with Crippen LogP contribution in [0.15, 0.2) is 47.6 Å². The molecule has 0 fully saturated rings. The summed E-state index contributed by atoms with van der Waals surface area (Å²) in [6.45, 7) is 5.59. The van der Waals surface area contributed by atoms with Gasteiger partial charge in [0.1, 0.15) is 0 Å². The highest BCUT2D eigenvalue weighted by molar-refractivity contribution is 7.99. The van der Waals surface area contributed by atoms with Gasteiger partial charge in [0.2, 0.25) is 11.1 Å². The zero-order valence-corrected chi connectivity index (χ0v) is 16.8. The highest BCUT2D eigenvalue weighted by Gasteiger charge is 2.13. The maximum Gasteiger partial charge on any atom is 0.225 e. The third-order valence-electron chi connectivity index (χ3n) is 4.38. The molecule has 28 heavy (non-hydrogen) atoms. The Morgan fingerprint density at radius 2 is 1.86 bits per heavy atom. The van der Waals surface area contributed by atoms with Crippen molar-refractivity contribution < 1.29 is 9.59 Å². The molecule has 0 radical (unpaired) electrons. The van der Waals surface area contributed by atoms with E-state index in [0.717, 1.165) is 11.3 Å². The van der Waals surface area contributed by atoms with E-state index in [1.165, 1.54) is 24.2 Å². The molecule has 3 rings (SSSR count). The summed E-state index contributed by atoms with van der Waals surface area (Å²) in [5, 5.41) is 15.4. The highest BCUT2D eigenvalue weighted by Crippen LogP contribution is 2.23. The Morgan fingerprint density at radius 3 is 2.57 bits per heavy atom. The number of hydrogen-bond donors (Lipinski definition) is 1. The molecule has 0 unspecified atom stereocenters. The Kier molecular flexibility index (Phi) is 6.20. The molecule has 1 N–H and O–H groups in total. The van der Waals surface area contributed by atoms with Crippen LogP contribution >= 0.6 is 11.8 Å². The van der Waals surface area contributed by atoms with Gasteiger partial charge in [-0.25, -0.2) is 0 Å². The maximum atomic E-state index is 12.2. The number of thioether (sulfide) groups is 1. The van der Waals surface area contributed by atoms with Gasteiger partial charge in [-0.2, -0.15) is 4.68 Å². The van der Waals surface area contributed by atoms with Gasteiger partial charge >= 0.3 is 0 Å². The van der Waals surface area contributed by atoms with E-state index in [-0.39, 0.29) is 11.7 Å². The molecule has 0 saturated carbocycles. The van der Waals surface area contributed by atoms with Gasteiger partial charge in [0.15, 0.2) is 5.78 Å². The lowest BCUT2D eigenvalue weighted by Crippen LogP contribution is -2.12. The monoisotopic (exact) mass is 395 g/mol. The van der Waals surface area contributed by atoms with Crippen LogP contribution in [0.4, 0.5) is 5.69 Å². The smallest absolute Gasteiger partial charge is 0.225 e. The Labute approximate surface area is 167 Å². The zero-order chi connectivity index (χ0) is 20.1. The van der Waals surface area contributed by atoms with Gasteiger partial charge in [0.25, 0.3) is 0 Å². The summed E-state index contributed by atoms with van der Waals surface area (Å²) >= 11 is 1.43. The molecule has 1 amide bonds. The van der Waals surface area contributed by atoms with E-state index >= 15 is 0 Å². The summed E-state index contributed by atoms with van der Waals surface area (Å²) < 4.78 is 1.70. The van der Waals surface area contributed by atoms with E-state index in [1.807, 2.05) is 32.0 Å². The first-order valence-electron chi connectivity index (χ1n) is 8.84. The number of carbonyl (C=O) groups is 2. The van der Waals surface area contributed by atoms with E-state index in [2.05, 4.69) is 20.8 Å². The lowest BCUT2D eigenvalue weighted by atomic mass is 10.1. The Bertz CT molecular complexity index is 998. The molecule has 2 aromatic carbocycles. The van der Waals surface area contributed by atoms with Crippen LogP contribution in [-0.4, -0.2) is 37.7 Å². The number of anilines is 1. The number of aryl methyl sites for hydroxylation is 1. The Hall–Kier alpha value is -3.00. The van der Waals surface area contributed by atoms with Gasteiger partial charge in [-0.3, -0.25) is 9.59 Å². The number of rotatable bonds is 7. The van der Waals surface area contributed by atoms with E-state index in [0.29, 0.717) is 28.6 Å². The van der Waals surface area contributed by atoms with Crippen molar-refractivity contribution in [2.45, 2.75) is 32.3 Å². The normalized spacial score (nSPS) is 10.7. The number of nitrogens with zero attached hydrogens (tertiary/aromatic N) is 4. The van der Waals surface area contributed by atoms with Crippen molar-refractivity contribution in [2.24, 2.45) is 0 Å². The fraction of sp³-hybridized carbons (Fsp3) is 0.250. The summed E-state index contributed by atoms with van der Waals surface area (Å²) in [6, 6.07) is 12.8. The average Bonchev–Trinajstić information content (AvgIpc) is 3.12. The molecule has 0 bridgehead atoms. The largest absolute Gasteiger partial charge is 0.326 e. The number of nitrogens with one attached hydrogen (secondary N) is 1. The van der Waals surface area contributed by atoms with Crippen molar-refractivity contribution in [3.8, 4) is 5.69 Å². The maximum absolute atomic E-state index is 12.2. The minimum absolute atomic E-state index is 0.00385. The summed E-state index contributed by atoms with van der Waals surface area (Å²) in [7, 11) is 0. The molecule has 1 heterocycles. The highest BCUT2D eigenvalue weighted by atomic mass is 32.2. The number of tetrazole rings is 1. The minimum atomic E-state index is -0.103. The lowest BCUT2D eigenvalue weighted by Gasteiger charge is -2.09. The molecule has 0 aliphatic rings. The van der Waals surface area contributed by atoms with E-state index in [1.54, 1.807) is 28.9 Å². The lowest BCUT2D eigenvalue weighted by molar-refractivity contribution is -0.115. The third-order valence-corrected chi connectivity index (χ3v) is 5.30. The van der Waals surface area contributed by atoms with Crippen LogP contribution in [0.3, 0.4) is 0 Å². The van der Waals surface area contributed by atoms with Crippen LogP contribution in [0.5, 0.6) is 0 Å². The van der Waals surface area contributed by atoms with Gasteiger partial charge in [-0.05, 0) is 72.7 Å². The molecular formula is C20H21N5O2S. The Balaban J connectivity index is 1.57. The number of Topliss-reactive ketones (excluding diaryl/α,β-unsaturated/α-hetero) is 1. The SMILES string of the molecule is CC(=O)c1ccc(NC(=O)CCSc2nnnn2-c2cccc(C)c2C)cc1. The number of benzene rings is 2. The summed E-state index contributed by atoms with van der Waals surface area (Å²) in [6.07, 6.45) is 0.318. The van der Waals surface area contributed by atoms with Gasteiger partial charge in [-0.15, -0.1) is 5.10 Å². The van der Waals surface area contributed by atoms with Crippen molar-refractivity contribution >= 4 is 29.1 Å². The molecule has 7 nitrogen and oxygen atoms in total. The molecule has 0 atom stereocenters. The second-order valence-corrected chi connectivity index (χ2v) is 7.43. The van der Waals surface area contributed by atoms with Crippen LogP contribution in [0.2, 0.25) is 0 Å². The molecule has 8 heteroatoms. The Morgan fingerprint density at radius 1 is 1.11 bits per heavy atom. The van der Waals surface area contributed by atoms with Gasteiger partial charge < -0.3 is 5.32 Å². The van der Waals surface area contributed by atoms with E-state index in [9.17, 15) is 9.59 Å². The van der Waals surface area contributed by atoms with Gasteiger partial charge in [0, 0.05) is 23.4 Å². The van der Waals surface area contributed by atoms with E-state index in [4.69, 9.17) is 0 Å². The molecule has 144 valence electrons. The quantitative estimate of drug-likeness (QED) is 0.486. The summed E-state index contributed by atoms with van der Waals surface area (Å²) in [5.41, 5.74) is 4.50. The topological polar surface area (TPSA) is 89.8 Å². The first kappa shape index (κ1) is 19.8. The van der Waals surface area contributed by atoms with Crippen molar-refractivity contribution in [1.82, 2.24) is 20.2 Å². The first-order valence-corrected chi connectivity index (χ1v) is 9.83. The fourth-order valence-electron chi connectivity index (χ4n) is 2.63. The number of ketones is 1. The number of aromatic nitrogens is 4. The molecule has 0 saturated heterocycles. The van der Waals surface area contributed by atoms with Crippen LogP contribution in [0, 0.1) is 13.8 Å². The van der Waals surface area contributed by atoms with Crippen LogP contribution in [0.1, 0.15) is 34.8 Å². The first-order chi connectivity index (χ1) is 13.5. The molecule has 0 aliphatic heterocycles. The molecule has 1 aromatic heterocycles. The van der Waals surface area contributed by atoms with Crippen molar-refractivity contribution in [3.63, 3.8) is 0 Å². The second-order valence-electron chi connectivity index (χ2n) is 6.37. The predicted molar refractivity (Wildman–Crippen MR) is 109 cm³/mol. The predicted octanol–water partition coefficient (Wildman–Crippen LogP) is 3.60. The number of amides is 1. The zero-order valence-electron chi connectivity index (χ0n) is 16.0. The third kappa shape index (κ3) is 4.64. The molecular weight excluding hydrogens is 374 g/mol. The van der Waals surface area contributed by atoms with Crippen LogP contribution in [0.25, 0.3) is 5.69 Å². The fourth-order valence-corrected chi connectivity index (χ4v) is 3.45. The molecule has 0 spiro atoms. The van der Waals surface area contributed by atoms with E-state index < -0.39 is 0 Å². The average molecular weight is 395 g/mol. The van der Waals surface area contributed by atoms with Crippen molar-refractivity contribution in [1.29, 1.82) is 0 Å². The van der Waals surface area contributed by atoms with Gasteiger partial charge in [-0.1, -0.05) is 23.9 Å².